The van der Waals surface area contributed by atoms with Crippen LogP contribution in [0.4, 0.5) is 21.2 Å². The molecule has 32 nitrogen and oxygen atoms in total. The van der Waals surface area contributed by atoms with Gasteiger partial charge in [0.05, 0.1) is 58.7 Å². The molecule has 2 aliphatic heterocycles. The first-order valence-electron chi connectivity index (χ1n) is 32.3. The Morgan fingerprint density at radius 2 is 1.58 bits per heavy atom. The molecular weight excluding hydrogens is 1370 g/mol. The van der Waals surface area contributed by atoms with Crippen molar-refractivity contribution >= 4 is 96.7 Å². The van der Waals surface area contributed by atoms with Gasteiger partial charge in [0.2, 0.25) is 29.5 Å². The minimum absolute atomic E-state index is 0.0251. The van der Waals surface area contributed by atoms with Crippen molar-refractivity contribution in [1.29, 1.82) is 0 Å². The summed E-state index contributed by atoms with van der Waals surface area (Å²) in [5.41, 5.74) is 0.204. The maximum absolute atomic E-state index is 14.0. The zero-order valence-corrected chi connectivity index (χ0v) is 58.2. The summed E-state index contributed by atoms with van der Waals surface area (Å²) in [6.45, 7) is -3.23. The summed E-state index contributed by atoms with van der Waals surface area (Å²) in [4.78, 5) is 113. The molecule has 0 radical (unpaired) electrons. The van der Waals surface area contributed by atoms with Crippen LogP contribution in [0.3, 0.4) is 0 Å². The number of ether oxygens (including phenoxy) is 6. The number of carbonyl (C=O) groups is 6. The Kier molecular flexibility index (Phi) is 25.7. The van der Waals surface area contributed by atoms with Crippen LogP contribution in [0.5, 0.6) is 5.88 Å². The van der Waals surface area contributed by atoms with E-state index in [1.54, 1.807) is 62.4 Å². The number of aromatic nitrogens is 6. The molecule has 99 heavy (non-hydrogen) atoms. The summed E-state index contributed by atoms with van der Waals surface area (Å²) in [6, 6.07) is 12.4. The van der Waals surface area contributed by atoms with Crippen LogP contribution >= 0.6 is 38.1 Å². The van der Waals surface area contributed by atoms with Gasteiger partial charge in [-0.25, -0.2) is 33.7 Å². The number of nitrogens with one attached hydrogen (secondary N) is 6. The molecule has 0 spiro atoms. The number of amides is 6. The summed E-state index contributed by atoms with van der Waals surface area (Å²) in [5.74, 6) is 4.74. The van der Waals surface area contributed by atoms with Crippen LogP contribution in [0.1, 0.15) is 93.4 Å². The van der Waals surface area contributed by atoms with Gasteiger partial charge in [0.1, 0.15) is 49.4 Å². The molecule has 5 aromatic rings. The number of thiol groups is 2. The lowest BCUT2D eigenvalue weighted by Crippen LogP contribution is -2.53. The second-order valence-corrected chi connectivity index (χ2v) is 30.5. The fourth-order valence-electron chi connectivity index (χ4n) is 12.0. The Morgan fingerprint density at radius 1 is 0.848 bits per heavy atom. The second-order valence-electron chi connectivity index (χ2n) is 24.7. The van der Waals surface area contributed by atoms with E-state index in [0.29, 0.717) is 41.2 Å². The SMILES string of the molecule is CC(C)C(NC(=O)CCOCCOCCNC(=O)OC[C@@H]1[C@@H]2CCC#CCC[C@@H]21)C(=O)N[C@@H](C)C(=O)Nc1ccc(COC(=O)N(C)Cc2ccccc2C(=O)Nc2nc3c(ncn3[C@@H]3O[C@@H]4CO[P@@](=O)(S)O[C@H]5C[C@H](Oc6ccncn6)C[C@@H]5CO[P@@](=O)(S)O[C@@H]3[C@@H]4O)c(=O)[nH]2)cc1. The largest absolute Gasteiger partial charge is 0.474 e. The van der Waals surface area contributed by atoms with E-state index in [9.17, 15) is 47.8 Å². The molecule has 5 heterocycles. The van der Waals surface area contributed by atoms with Crippen molar-refractivity contribution in [2.45, 2.75) is 128 Å². The number of hydrogen-bond donors (Lipinski definition) is 9. The molecule has 1 unspecified atom stereocenters. The fourth-order valence-corrected chi connectivity index (χ4v) is 15.1. The van der Waals surface area contributed by atoms with Crippen molar-refractivity contribution in [3.05, 3.63) is 100 Å². The van der Waals surface area contributed by atoms with Gasteiger partial charge in [-0.05, 0) is 79.2 Å². The second kappa shape index (κ2) is 34.2. The third-order valence-corrected chi connectivity index (χ3v) is 20.5. The number of aliphatic hydroxyl groups excluding tert-OH is 1. The number of aromatic amines is 1. The van der Waals surface area contributed by atoms with Gasteiger partial charge in [-0.1, -0.05) is 68.7 Å². The smallest absolute Gasteiger partial charge is 0.410 e. The first kappa shape index (κ1) is 74.2. The normalized spacial score (nSPS) is 26.3. The van der Waals surface area contributed by atoms with Crippen LogP contribution in [0.2, 0.25) is 0 Å². The molecule has 10 rings (SSSR count). The Balaban J connectivity index is 0.648. The van der Waals surface area contributed by atoms with Gasteiger partial charge in [0, 0.05) is 75.3 Å². The van der Waals surface area contributed by atoms with Crippen LogP contribution < -0.4 is 36.9 Å². The number of H-pyrrole nitrogens is 1. The molecule has 2 aromatic carbocycles. The van der Waals surface area contributed by atoms with E-state index < -0.39 is 116 Å². The van der Waals surface area contributed by atoms with E-state index in [0.717, 1.165) is 32.0 Å². The highest BCUT2D eigenvalue weighted by Crippen LogP contribution is 2.61. The highest BCUT2D eigenvalue weighted by molar-refractivity contribution is 8.44. The molecule has 6 amide bonds. The Hall–Kier alpha value is -7.51. The van der Waals surface area contributed by atoms with E-state index in [1.165, 1.54) is 42.0 Å². The zero-order valence-electron chi connectivity index (χ0n) is 54.6. The van der Waals surface area contributed by atoms with Crippen LogP contribution in [-0.2, 0) is 78.4 Å². The van der Waals surface area contributed by atoms with E-state index in [4.69, 9.17) is 46.5 Å². The first-order valence-corrected chi connectivity index (χ1v) is 37.7. The minimum Gasteiger partial charge on any atom is -0.474 e. The third kappa shape index (κ3) is 20.6. The summed E-state index contributed by atoms with van der Waals surface area (Å²) in [5, 5.41) is 25.0. The topological polar surface area (TPSA) is 402 Å². The van der Waals surface area contributed by atoms with Crippen LogP contribution in [0.25, 0.3) is 11.2 Å². The Bertz CT molecular complexity index is 3890. The number of nitrogens with zero attached hydrogens (tertiary/aromatic N) is 6. The van der Waals surface area contributed by atoms with Gasteiger partial charge in [-0.15, -0.1) is 11.8 Å². The molecule has 2 saturated heterocycles. The summed E-state index contributed by atoms with van der Waals surface area (Å²) >= 11 is 8.44. The lowest BCUT2D eigenvalue weighted by molar-refractivity contribution is -0.132. The van der Waals surface area contributed by atoms with Gasteiger partial charge in [-0.3, -0.25) is 52.4 Å². The number of alkyl carbamates (subject to hydrolysis) is 1. The van der Waals surface area contributed by atoms with Crippen molar-refractivity contribution in [2.24, 2.45) is 29.6 Å². The Labute approximate surface area is 579 Å². The molecule has 3 aromatic heterocycles. The van der Waals surface area contributed by atoms with Crippen molar-refractivity contribution in [3.63, 3.8) is 0 Å². The maximum atomic E-state index is 14.0. The lowest BCUT2D eigenvalue weighted by Gasteiger charge is -2.26. The Morgan fingerprint density at radius 3 is 2.31 bits per heavy atom. The lowest BCUT2D eigenvalue weighted by atomic mass is 10.0. The third-order valence-electron chi connectivity index (χ3n) is 17.2. The van der Waals surface area contributed by atoms with E-state index >= 15 is 0 Å². The highest BCUT2D eigenvalue weighted by atomic mass is 32.7. The number of carbonyl (C=O) groups excluding carboxylic acids is 6. The van der Waals surface area contributed by atoms with Crippen LogP contribution in [0.15, 0.2) is 78.2 Å². The monoisotopic (exact) mass is 1450 g/mol. The molecule has 534 valence electrons. The molecule has 5 aliphatic rings. The number of hydrogen-bond acceptors (Lipinski definition) is 24. The number of benzene rings is 2. The van der Waals surface area contributed by atoms with Crippen molar-refractivity contribution in [3.8, 4) is 17.7 Å². The highest BCUT2D eigenvalue weighted by Gasteiger charge is 2.52. The van der Waals surface area contributed by atoms with E-state index in [2.05, 4.69) is 87.8 Å². The minimum atomic E-state index is -4.38. The van der Waals surface area contributed by atoms with Gasteiger partial charge in [0.15, 0.2) is 17.4 Å². The number of aliphatic hydroxyl groups is 1. The fraction of sp³-hybridized carbons (Fsp3) is 0.540. The average molecular weight is 1450 g/mol. The quantitative estimate of drug-likeness (QED) is 0.0130. The van der Waals surface area contributed by atoms with Crippen molar-refractivity contribution < 1.29 is 89.5 Å². The van der Waals surface area contributed by atoms with Crippen molar-refractivity contribution in [2.75, 3.05) is 70.5 Å². The predicted octanol–water partition coefficient (Wildman–Crippen LogP) is 6.11. The van der Waals surface area contributed by atoms with Crippen molar-refractivity contribution in [1.82, 2.24) is 50.3 Å². The van der Waals surface area contributed by atoms with Crippen LogP contribution in [0, 0.1) is 41.4 Å². The molecule has 4 fully saturated rings. The molecular formula is C63H80N12O20P2S2. The molecule has 2 saturated carbocycles. The average Bonchev–Trinajstić information content (AvgIpc) is 1.54. The molecule has 3 aliphatic carbocycles. The maximum Gasteiger partial charge on any atom is 0.410 e. The number of anilines is 2. The van der Waals surface area contributed by atoms with Gasteiger partial charge >= 0.3 is 25.8 Å². The predicted molar refractivity (Wildman–Crippen MR) is 360 cm³/mol. The zero-order chi connectivity index (χ0) is 70.4. The first-order chi connectivity index (χ1) is 47.5. The molecule has 36 heteroatoms. The molecule has 7 N–H and O–H groups in total. The number of rotatable bonds is 26. The van der Waals surface area contributed by atoms with Gasteiger partial charge < -0.3 is 64.2 Å². The number of imidazole rings is 1. The summed E-state index contributed by atoms with van der Waals surface area (Å²) in [6.07, 6.45) is -0.207. The van der Waals surface area contributed by atoms with E-state index in [-0.39, 0.29) is 106 Å². The standard InChI is InChI=1S/C63H80N12O20P2S2/c1-36(2)51(70-49(76)20-23-86-25-26-87-24-22-65-62(82)88-32-46-44-13-7-5-6-8-14-45(44)46)58(80)68-37(3)56(78)69-41-17-15-38(16-18-41)30-89-63(83)74(4)29-39-11-9-10-12-43(39)57(79)72-61-71-55-52(59(81)73-61)67-35-75(55)60-54-53(77)48(93-60)33-91-96(84,98)94-47-28-42(92-50-19-21-64-34-66-50)27-40(47)31-90-97(85,99)95-54/h9-12,15-19,21,34-37,40,42,44-48,51,53-54,60,77H,7-8,13-14,20,22-33H2,1-4H3,(H,65,82)(H,68,80)(H,69,78)(H,70,76)(H,84,98)(H,85,99)(H2,71,72,73,79,81)/t37-,40+,42+,44-,45+,46-,47-,48+,51?,53+,54+,60+,96+,97+/m0/s1. The number of fused-ring (bicyclic) bond motifs is 5. The van der Waals surface area contributed by atoms with Gasteiger partial charge in [0.25, 0.3) is 11.5 Å². The summed E-state index contributed by atoms with van der Waals surface area (Å²) in [7, 11) is 1.46. The van der Waals surface area contributed by atoms with E-state index in [1.807, 2.05) is 0 Å². The summed E-state index contributed by atoms with van der Waals surface area (Å²) < 4.78 is 86.3. The molecule has 2 bridgehead atoms. The van der Waals surface area contributed by atoms with Crippen LogP contribution in [-0.4, -0.2) is 178 Å². The molecule has 14 atom stereocenters. The van der Waals surface area contributed by atoms with Gasteiger partial charge in [-0.2, -0.15) is 4.98 Å².